The number of carboxylic acid groups (broad SMARTS) is 1. The zero-order valence-electron chi connectivity index (χ0n) is 16.0. The number of rotatable bonds is 6. The number of aryl methyl sites for hydroxylation is 1. The summed E-state index contributed by atoms with van der Waals surface area (Å²) in [7, 11) is 0. The standard InChI is InChI=1S/C22H29N3O2/c1-15-6-2-5-9-18(15)19-13-25(14-20(19)22(26)27)12-17-11-23-21(24-17)10-16-7-3-4-8-16/h2,5-6,9,11,16,19-20H,3-4,7-8,10,12-14H2,1H3,(H,23,24)(H,26,27)/t19-,20+/m0/s1. The highest BCUT2D eigenvalue weighted by Crippen LogP contribution is 2.35. The Balaban J connectivity index is 1.43. The molecule has 1 saturated heterocycles. The van der Waals surface area contributed by atoms with Gasteiger partial charge in [-0.15, -0.1) is 0 Å². The van der Waals surface area contributed by atoms with Crippen LogP contribution in [0.3, 0.4) is 0 Å². The number of likely N-dealkylation sites (tertiary alicyclic amines) is 1. The van der Waals surface area contributed by atoms with Crippen LogP contribution >= 0.6 is 0 Å². The number of hydrogen-bond donors (Lipinski definition) is 2. The lowest BCUT2D eigenvalue weighted by Gasteiger charge is -2.17. The Morgan fingerprint density at radius 3 is 2.78 bits per heavy atom. The highest BCUT2D eigenvalue weighted by atomic mass is 16.4. The minimum Gasteiger partial charge on any atom is -0.481 e. The Labute approximate surface area is 160 Å². The van der Waals surface area contributed by atoms with Crippen LogP contribution in [0.5, 0.6) is 0 Å². The number of nitrogens with zero attached hydrogens (tertiary/aromatic N) is 2. The van der Waals surface area contributed by atoms with Crippen LogP contribution in [0.1, 0.15) is 54.2 Å². The summed E-state index contributed by atoms with van der Waals surface area (Å²) < 4.78 is 0. The summed E-state index contributed by atoms with van der Waals surface area (Å²) in [6.45, 7) is 4.18. The number of nitrogens with one attached hydrogen (secondary N) is 1. The summed E-state index contributed by atoms with van der Waals surface area (Å²) >= 11 is 0. The molecular weight excluding hydrogens is 338 g/mol. The van der Waals surface area contributed by atoms with Crippen LogP contribution in [0.25, 0.3) is 0 Å². The van der Waals surface area contributed by atoms with Crippen molar-refractivity contribution in [3.63, 3.8) is 0 Å². The minimum atomic E-state index is -0.697. The largest absolute Gasteiger partial charge is 0.481 e. The van der Waals surface area contributed by atoms with E-state index in [2.05, 4.69) is 33.9 Å². The molecule has 0 unspecified atom stereocenters. The van der Waals surface area contributed by atoms with E-state index in [1.165, 1.54) is 36.8 Å². The van der Waals surface area contributed by atoms with Gasteiger partial charge in [0.05, 0.1) is 5.92 Å². The first kappa shape index (κ1) is 18.2. The van der Waals surface area contributed by atoms with E-state index in [-0.39, 0.29) is 11.8 Å². The molecule has 0 spiro atoms. The maximum Gasteiger partial charge on any atom is 0.308 e. The predicted octanol–water partition coefficient (Wildman–Crippen LogP) is 3.75. The van der Waals surface area contributed by atoms with Gasteiger partial charge in [0, 0.05) is 43.9 Å². The van der Waals surface area contributed by atoms with Gasteiger partial charge in [-0.3, -0.25) is 9.69 Å². The first-order valence-corrected chi connectivity index (χ1v) is 10.1. The number of H-pyrrole nitrogens is 1. The molecule has 144 valence electrons. The average Bonchev–Trinajstić information content (AvgIpc) is 3.38. The van der Waals surface area contributed by atoms with Crippen LogP contribution in [-0.2, 0) is 17.8 Å². The molecule has 5 nitrogen and oxygen atoms in total. The van der Waals surface area contributed by atoms with Crippen molar-refractivity contribution in [1.29, 1.82) is 0 Å². The number of aromatic nitrogens is 2. The molecule has 27 heavy (non-hydrogen) atoms. The Morgan fingerprint density at radius 2 is 2.04 bits per heavy atom. The summed E-state index contributed by atoms with van der Waals surface area (Å²) in [6.07, 6.45) is 8.32. The predicted molar refractivity (Wildman–Crippen MR) is 105 cm³/mol. The van der Waals surface area contributed by atoms with Crippen molar-refractivity contribution < 1.29 is 9.90 Å². The van der Waals surface area contributed by atoms with E-state index < -0.39 is 5.97 Å². The van der Waals surface area contributed by atoms with Gasteiger partial charge in [-0.2, -0.15) is 0 Å². The molecule has 2 atom stereocenters. The summed E-state index contributed by atoms with van der Waals surface area (Å²) in [5.41, 5.74) is 3.44. The third-order valence-corrected chi connectivity index (χ3v) is 6.33. The van der Waals surface area contributed by atoms with Gasteiger partial charge in [-0.1, -0.05) is 49.9 Å². The molecule has 4 rings (SSSR count). The fourth-order valence-corrected chi connectivity index (χ4v) is 4.90. The van der Waals surface area contributed by atoms with Gasteiger partial charge in [0.15, 0.2) is 0 Å². The number of benzene rings is 1. The average molecular weight is 367 g/mol. The molecule has 1 aliphatic carbocycles. The molecular formula is C22H29N3O2. The highest BCUT2D eigenvalue weighted by Gasteiger charge is 2.39. The fourth-order valence-electron chi connectivity index (χ4n) is 4.90. The van der Waals surface area contributed by atoms with Crippen molar-refractivity contribution >= 4 is 5.97 Å². The first-order chi connectivity index (χ1) is 13.1. The van der Waals surface area contributed by atoms with E-state index in [9.17, 15) is 9.90 Å². The van der Waals surface area contributed by atoms with Crippen molar-refractivity contribution in [2.75, 3.05) is 13.1 Å². The van der Waals surface area contributed by atoms with E-state index in [0.29, 0.717) is 6.54 Å². The molecule has 2 aromatic rings. The molecule has 0 bridgehead atoms. The Hall–Kier alpha value is -2.14. The third-order valence-electron chi connectivity index (χ3n) is 6.33. The molecule has 0 radical (unpaired) electrons. The van der Waals surface area contributed by atoms with Crippen LogP contribution in [-0.4, -0.2) is 39.0 Å². The molecule has 1 aromatic carbocycles. The van der Waals surface area contributed by atoms with Crippen molar-refractivity contribution in [2.45, 2.75) is 51.5 Å². The molecule has 1 aromatic heterocycles. The number of hydrogen-bond acceptors (Lipinski definition) is 3. The fraction of sp³-hybridized carbons (Fsp3) is 0.545. The lowest BCUT2D eigenvalue weighted by Crippen LogP contribution is -2.23. The number of imidazole rings is 1. The third kappa shape index (κ3) is 4.08. The van der Waals surface area contributed by atoms with E-state index in [1.807, 2.05) is 18.3 Å². The van der Waals surface area contributed by atoms with Gasteiger partial charge in [0.25, 0.3) is 0 Å². The van der Waals surface area contributed by atoms with Gasteiger partial charge in [0.1, 0.15) is 5.82 Å². The lowest BCUT2D eigenvalue weighted by atomic mass is 9.86. The van der Waals surface area contributed by atoms with Crippen LogP contribution in [0, 0.1) is 18.8 Å². The van der Waals surface area contributed by atoms with Crippen molar-refractivity contribution in [3.8, 4) is 0 Å². The van der Waals surface area contributed by atoms with E-state index in [0.717, 1.165) is 36.9 Å². The van der Waals surface area contributed by atoms with Crippen LogP contribution in [0.4, 0.5) is 0 Å². The number of aromatic amines is 1. The van der Waals surface area contributed by atoms with Gasteiger partial charge >= 0.3 is 5.97 Å². The van der Waals surface area contributed by atoms with Gasteiger partial charge in [-0.25, -0.2) is 4.98 Å². The summed E-state index contributed by atoms with van der Waals surface area (Å²) in [5.74, 6) is 0.854. The summed E-state index contributed by atoms with van der Waals surface area (Å²) in [5, 5.41) is 9.74. The monoisotopic (exact) mass is 367 g/mol. The molecule has 2 fully saturated rings. The SMILES string of the molecule is Cc1ccccc1[C@@H]1CN(Cc2cnc(CC3CCCC3)[nH]2)C[C@H]1C(=O)O. The lowest BCUT2D eigenvalue weighted by molar-refractivity contribution is -0.141. The normalized spacial score (nSPS) is 23.9. The Bertz CT molecular complexity index is 794. The second-order valence-electron chi connectivity index (χ2n) is 8.31. The molecule has 0 amide bonds. The number of aliphatic carboxylic acids is 1. The smallest absolute Gasteiger partial charge is 0.308 e. The molecule has 1 saturated carbocycles. The van der Waals surface area contributed by atoms with Crippen LogP contribution in [0.15, 0.2) is 30.5 Å². The topological polar surface area (TPSA) is 69.2 Å². The van der Waals surface area contributed by atoms with Crippen molar-refractivity contribution in [3.05, 3.63) is 53.1 Å². The van der Waals surface area contributed by atoms with E-state index in [4.69, 9.17) is 0 Å². The van der Waals surface area contributed by atoms with E-state index >= 15 is 0 Å². The maximum atomic E-state index is 11.8. The van der Waals surface area contributed by atoms with Gasteiger partial charge in [0.2, 0.25) is 0 Å². The maximum absolute atomic E-state index is 11.8. The van der Waals surface area contributed by atoms with Gasteiger partial charge in [-0.05, 0) is 24.0 Å². The summed E-state index contributed by atoms with van der Waals surface area (Å²) in [6, 6.07) is 8.17. The van der Waals surface area contributed by atoms with Crippen molar-refractivity contribution in [2.24, 2.45) is 11.8 Å². The Kier molecular flexibility index (Phi) is 5.30. The molecule has 2 aliphatic rings. The van der Waals surface area contributed by atoms with Crippen LogP contribution < -0.4 is 0 Å². The molecule has 1 aliphatic heterocycles. The quantitative estimate of drug-likeness (QED) is 0.816. The van der Waals surface area contributed by atoms with Gasteiger partial charge < -0.3 is 10.1 Å². The molecule has 2 heterocycles. The highest BCUT2D eigenvalue weighted by molar-refractivity contribution is 5.72. The summed E-state index contributed by atoms with van der Waals surface area (Å²) in [4.78, 5) is 22.1. The van der Waals surface area contributed by atoms with Crippen LogP contribution in [0.2, 0.25) is 0 Å². The van der Waals surface area contributed by atoms with E-state index in [1.54, 1.807) is 0 Å². The number of carbonyl (C=O) groups is 1. The van der Waals surface area contributed by atoms with Crippen molar-refractivity contribution in [1.82, 2.24) is 14.9 Å². The second-order valence-corrected chi connectivity index (χ2v) is 8.31. The number of carboxylic acids is 1. The minimum absolute atomic E-state index is 0.0459. The first-order valence-electron chi connectivity index (χ1n) is 10.1. The zero-order chi connectivity index (χ0) is 18.8. The Morgan fingerprint density at radius 1 is 1.26 bits per heavy atom. The zero-order valence-corrected chi connectivity index (χ0v) is 16.0. The second kappa shape index (κ2) is 7.85. The molecule has 5 heteroatoms. The molecule has 2 N–H and O–H groups in total.